The molecule has 4 rings (SSSR count). The molecule has 0 bridgehead atoms. The van der Waals surface area contributed by atoms with Crippen LogP contribution in [0.1, 0.15) is 42.9 Å². The first kappa shape index (κ1) is 26.3. The maximum Gasteiger partial charge on any atom is 0.243 e. The fourth-order valence-corrected chi connectivity index (χ4v) is 5.29. The smallest absolute Gasteiger partial charge is 0.243 e. The van der Waals surface area contributed by atoms with Crippen molar-refractivity contribution < 1.29 is 19.2 Å². The summed E-state index contributed by atoms with van der Waals surface area (Å²) in [6.07, 6.45) is 5.36. The summed E-state index contributed by atoms with van der Waals surface area (Å²) in [5.41, 5.74) is 2.93. The highest BCUT2D eigenvalue weighted by atomic mass is 16.2. The maximum atomic E-state index is 13.7. The first-order chi connectivity index (χ1) is 17.9. The average Bonchev–Trinajstić information content (AvgIpc) is 3.14. The fourth-order valence-electron chi connectivity index (χ4n) is 5.29. The van der Waals surface area contributed by atoms with Crippen LogP contribution >= 0.6 is 0 Å². The Hall–Kier alpha value is -3.74. The van der Waals surface area contributed by atoms with Crippen molar-refractivity contribution in [3.8, 4) is 0 Å². The zero-order valence-electron chi connectivity index (χ0n) is 21.6. The number of likely N-dealkylation sites (N-methyl/N-ethyl adjacent to an activating group) is 1. The summed E-state index contributed by atoms with van der Waals surface area (Å²) >= 11 is 0. The Morgan fingerprint density at radius 1 is 0.973 bits per heavy atom. The number of likely N-dealkylation sites (tertiary alicyclic amines) is 1. The molecule has 2 aliphatic rings. The minimum atomic E-state index is -0.730. The second-order valence-corrected chi connectivity index (χ2v) is 9.84. The number of imide groups is 1. The van der Waals surface area contributed by atoms with Crippen molar-refractivity contribution in [1.29, 1.82) is 0 Å². The number of fused-ring (bicyclic) bond motifs is 1. The summed E-state index contributed by atoms with van der Waals surface area (Å²) in [6.45, 7) is 4.57. The third-order valence-corrected chi connectivity index (χ3v) is 7.21. The van der Waals surface area contributed by atoms with Crippen LogP contribution in [-0.4, -0.2) is 52.6 Å². The largest absolute Gasteiger partial charge is 0.355 e. The van der Waals surface area contributed by atoms with Crippen LogP contribution in [0.15, 0.2) is 66.7 Å². The number of nitrogens with zero attached hydrogens (tertiary/aromatic N) is 2. The lowest BCUT2D eigenvalue weighted by atomic mass is 9.85. The molecule has 1 saturated heterocycles. The SMILES string of the molecule is CCNC(=O)[C@@H](Cc1ccccc1)N(Cc1cccc(C)c1)C(=O)CCN1C(=O)[C@H]2CC=CC[C@H]2C1=O. The van der Waals surface area contributed by atoms with Crippen LogP contribution < -0.4 is 5.32 Å². The van der Waals surface area contributed by atoms with E-state index in [1.54, 1.807) is 4.90 Å². The highest BCUT2D eigenvalue weighted by molar-refractivity contribution is 6.05. The lowest BCUT2D eigenvalue weighted by Crippen LogP contribution is -2.51. The van der Waals surface area contributed by atoms with Gasteiger partial charge in [-0.05, 0) is 37.8 Å². The fraction of sp³-hybridized carbons (Fsp3) is 0.400. The number of rotatable bonds is 10. The lowest BCUT2D eigenvalue weighted by molar-refractivity contribution is -0.144. The Bertz CT molecular complexity index is 1150. The molecule has 7 heteroatoms. The molecule has 4 amide bonds. The quantitative estimate of drug-likeness (QED) is 0.399. The van der Waals surface area contributed by atoms with Gasteiger partial charge in [0.05, 0.1) is 11.8 Å². The normalized spacial score (nSPS) is 19.5. The topological polar surface area (TPSA) is 86.8 Å². The van der Waals surface area contributed by atoms with Crippen LogP contribution in [-0.2, 0) is 32.1 Å². The summed E-state index contributed by atoms with van der Waals surface area (Å²) in [5.74, 6) is -1.52. The summed E-state index contributed by atoms with van der Waals surface area (Å²) in [4.78, 5) is 55.7. The third-order valence-electron chi connectivity index (χ3n) is 7.21. The van der Waals surface area contributed by atoms with Gasteiger partial charge in [-0.15, -0.1) is 0 Å². The number of carbonyl (C=O) groups is 4. The van der Waals surface area contributed by atoms with Gasteiger partial charge in [-0.2, -0.15) is 0 Å². The highest BCUT2D eigenvalue weighted by Crippen LogP contribution is 2.35. The first-order valence-corrected chi connectivity index (χ1v) is 13.1. The molecule has 0 radical (unpaired) electrons. The summed E-state index contributed by atoms with van der Waals surface area (Å²) in [7, 11) is 0. The molecule has 2 aromatic rings. The Balaban J connectivity index is 1.57. The highest BCUT2D eigenvalue weighted by Gasteiger charge is 2.47. The number of hydrogen-bond donors (Lipinski definition) is 1. The zero-order valence-corrected chi connectivity index (χ0v) is 21.6. The number of nitrogens with one attached hydrogen (secondary N) is 1. The van der Waals surface area contributed by atoms with E-state index in [9.17, 15) is 19.2 Å². The molecule has 3 atom stereocenters. The van der Waals surface area contributed by atoms with Crippen LogP contribution in [0.2, 0.25) is 0 Å². The van der Waals surface area contributed by atoms with Crippen molar-refractivity contribution in [2.45, 2.75) is 52.1 Å². The molecule has 1 aliphatic heterocycles. The molecule has 0 unspecified atom stereocenters. The Morgan fingerprint density at radius 2 is 1.62 bits per heavy atom. The van der Waals surface area contributed by atoms with Gasteiger partial charge >= 0.3 is 0 Å². The molecule has 7 nitrogen and oxygen atoms in total. The van der Waals surface area contributed by atoms with Crippen LogP contribution in [0.25, 0.3) is 0 Å². The monoisotopic (exact) mass is 501 g/mol. The van der Waals surface area contributed by atoms with Gasteiger partial charge < -0.3 is 10.2 Å². The van der Waals surface area contributed by atoms with Gasteiger partial charge in [0.1, 0.15) is 6.04 Å². The van der Waals surface area contributed by atoms with Crippen molar-refractivity contribution in [3.05, 3.63) is 83.4 Å². The minimum Gasteiger partial charge on any atom is -0.355 e. The van der Waals surface area contributed by atoms with E-state index in [-0.39, 0.29) is 55.0 Å². The molecular weight excluding hydrogens is 466 g/mol. The Labute approximate surface area is 218 Å². The molecule has 0 aromatic heterocycles. The van der Waals surface area contributed by atoms with E-state index in [0.717, 1.165) is 16.7 Å². The Kier molecular flexibility index (Phi) is 8.54. The van der Waals surface area contributed by atoms with Gasteiger partial charge in [0.2, 0.25) is 23.6 Å². The van der Waals surface area contributed by atoms with Gasteiger partial charge in [-0.25, -0.2) is 0 Å². The molecule has 1 heterocycles. The van der Waals surface area contributed by atoms with Crippen molar-refractivity contribution in [3.63, 3.8) is 0 Å². The minimum absolute atomic E-state index is 0.0269. The number of amides is 4. The van der Waals surface area contributed by atoms with Gasteiger partial charge in [0.15, 0.2) is 0 Å². The summed E-state index contributed by atoms with van der Waals surface area (Å²) in [5, 5.41) is 2.89. The van der Waals surface area contributed by atoms with Crippen molar-refractivity contribution >= 4 is 23.6 Å². The Morgan fingerprint density at radius 3 is 2.24 bits per heavy atom. The van der Waals surface area contributed by atoms with Gasteiger partial charge in [-0.1, -0.05) is 72.3 Å². The number of aryl methyl sites for hydroxylation is 1. The first-order valence-electron chi connectivity index (χ1n) is 13.1. The molecule has 1 fully saturated rings. The van der Waals surface area contributed by atoms with Crippen LogP contribution in [0.3, 0.4) is 0 Å². The van der Waals surface area contributed by atoms with E-state index in [1.165, 1.54) is 4.90 Å². The number of benzene rings is 2. The van der Waals surface area contributed by atoms with Crippen LogP contribution in [0.5, 0.6) is 0 Å². The predicted molar refractivity (Wildman–Crippen MR) is 141 cm³/mol. The second-order valence-electron chi connectivity index (χ2n) is 9.84. The van der Waals surface area contributed by atoms with Crippen LogP contribution in [0, 0.1) is 18.8 Å². The van der Waals surface area contributed by atoms with Crippen molar-refractivity contribution in [2.24, 2.45) is 11.8 Å². The standard InChI is InChI=1S/C30H35N3O4/c1-3-31-28(35)26(19-22-11-5-4-6-12-22)33(20-23-13-9-10-21(2)18-23)27(34)16-17-32-29(36)24-14-7-8-15-25(24)30(32)37/h4-13,18,24-26H,3,14-17,19-20H2,1-2H3,(H,31,35)/t24-,25+,26-/m1/s1. The van der Waals surface area contributed by atoms with Crippen molar-refractivity contribution in [2.75, 3.05) is 13.1 Å². The van der Waals surface area contributed by atoms with Gasteiger partial charge in [0.25, 0.3) is 0 Å². The van der Waals surface area contributed by atoms with Crippen LogP contribution in [0.4, 0.5) is 0 Å². The molecule has 37 heavy (non-hydrogen) atoms. The summed E-state index contributed by atoms with van der Waals surface area (Å²) < 4.78 is 0. The number of carbonyl (C=O) groups excluding carboxylic acids is 4. The van der Waals surface area contributed by atoms with Crippen molar-refractivity contribution in [1.82, 2.24) is 15.1 Å². The molecule has 194 valence electrons. The van der Waals surface area contributed by atoms with E-state index >= 15 is 0 Å². The van der Waals surface area contributed by atoms with Gasteiger partial charge in [-0.3, -0.25) is 24.1 Å². The number of hydrogen-bond acceptors (Lipinski definition) is 4. The molecule has 0 saturated carbocycles. The summed E-state index contributed by atoms with van der Waals surface area (Å²) in [6, 6.07) is 16.8. The van der Waals surface area contributed by atoms with E-state index in [4.69, 9.17) is 0 Å². The predicted octanol–water partition coefficient (Wildman–Crippen LogP) is 3.41. The number of allylic oxidation sites excluding steroid dienone is 2. The average molecular weight is 502 g/mol. The van der Waals surface area contributed by atoms with E-state index in [2.05, 4.69) is 5.32 Å². The van der Waals surface area contributed by atoms with E-state index in [0.29, 0.717) is 25.8 Å². The van der Waals surface area contributed by atoms with Gasteiger partial charge in [0, 0.05) is 32.5 Å². The molecule has 1 aliphatic carbocycles. The zero-order chi connectivity index (χ0) is 26.4. The molecule has 0 spiro atoms. The second kappa shape index (κ2) is 12.0. The van der Waals surface area contributed by atoms with E-state index in [1.807, 2.05) is 80.6 Å². The maximum absolute atomic E-state index is 13.7. The molecule has 2 aromatic carbocycles. The molecular formula is C30H35N3O4. The molecule has 1 N–H and O–H groups in total. The lowest BCUT2D eigenvalue weighted by Gasteiger charge is -2.32. The third kappa shape index (κ3) is 6.16. The van der Waals surface area contributed by atoms with E-state index < -0.39 is 6.04 Å².